The Labute approximate surface area is 141 Å². The summed E-state index contributed by atoms with van der Waals surface area (Å²) in [7, 11) is 2.50. The molecule has 0 spiro atoms. The van der Waals surface area contributed by atoms with Crippen molar-refractivity contribution in [3.63, 3.8) is 0 Å². The number of carbonyl (C=O) groups is 2. The van der Waals surface area contributed by atoms with Gasteiger partial charge in [-0.05, 0) is 43.4 Å². The Hall–Kier alpha value is -1.70. The molecular weight excluding hydrogens is 316 g/mol. The molecule has 0 saturated heterocycles. The van der Waals surface area contributed by atoms with E-state index in [0.29, 0.717) is 24.0 Å². The maximum absolute atomic E-state index is 11.8. The SMILES string of the molecule is COC1C(C(=O)O)=C(CCCCCCO)C(C)=CC1(OC)C(=O)O. The Balaban J connectivity index is 3.19. The molecule has 0 amide bonds. The summed E-state index contributed by atoms with van der Waals surface area (Å²) in [6.07, 6.45) is 3.89. The minimum absolute atomic E-state index is 0.0658. The van der Waals surface area contributed by atoms with Gasteiger partial charge in [-0.25, -0.2) is 9.59 Å². The molecule has 0 aromatic carbocycles. The minimum Gasteiger partial charge on any atom is -0.479 e. The average molecular weight is 342 g/mol. The van der Waals surface area contributed by atoms with Crippen molar-refractivity contribution < 1.29 is 34.4 Å². The Morgan fingerprint density at radius 2 is 1.79 bits per heavy atom. The van der Waals surface area contributed by atoms with E-state index in [1.807, 2.05) is 0 Å². The van der Waals surface area contributed by atoms with Gasteiger partial charge in [0.1, 0.15) is 6.10 Å². The zero-order valence-electron chi connectivity index (χ0n) is 14.4. The van der Waals surface area contributed by atoms with Crippen LogP contribution >= 0.6 is 0 Å². The van der Waals surface area contributed by atoms with E-state index in [9.17, 15) is 19.8 Å². The third-order valence-electron chi connectivity index (χ3n) is 4.36. The van der Waals surface area contributed by atoms with E-state index >= 15 is 0 Å². The van der Waals surface area contributed by atoms with Crippen molar-refractivity contribution in [3.05, 3.63) is 22.8 Å². The van der Waals surface area contributed by atoms with Crippen LogP contribution in [-0.2, 0) is 19.1 Å². The summed E-state index contributed by atoms with van der Waals surface area (Å²) in [4.78, 5) is 23.5. The van der Waals surface area contributed by atoms with Crippen molar-refractivity contribution >= 4 is 11.9 Å². The average Bonchev–Trinajstić information content (AvgIpc) is 2.54. The summed E-state index contributed by atoms with van der Waals surface area (Å²) in [6.45, 7) is 1.83. The highest BCUT2D eigenvalue weighted by Gasteiger charge is 2.52. The number of unbranched alkanes of at least 4 members (excludes halogenated alkanes) is 3. The maximum Gasteiger partial charge on any atom is 0.343 e. The monoisotopic (exact) mass is 342 g/mol. The molecule has 0 bridgehead atoms. The molecule has 0 aromatic rings. The van der Waals surface area contributed by atoms with Crippen LogP contribution < -0.4 is 0 Å². The lowest BCUT2D eigenvalue weighted by Gasteiger charge is -2.37. The third-order valence-corrected chi connectivity index (χ3v) is 4.36. The molecule has 7 nitrogen and oxygen atoms in total. The fraction of sp³-hybridized carbons (Fsp3) is 0.647. The van der Waals surface area contributed by atoms with Crippen LogP contribution in [0.15, 0.2) is 22.8 Å². The van der Waals surface area contributed by atoms with Crippen LogP contribution in [0.25, 0.3) is 0 Å². The van der Waals surface area contributed by atoms with Crippen LogP contribution in [0.3, 0.4) is 0 Å². The zero-order chi connectivity index (χ0) is 18.3. The Kier molecular flexibility index (Phi) is 7.59. The lowest BCUT2D eigenvalue weighted by Crippen LogP contribution is -2.54. The highest BCUT2D eigenvalue weighted by molar-refractivity contribution is 5.95. The van der Waals surface area contributed by atoms with Crippen LogP contribution in [0.5, 0.6) is 0 Å². The van der Waals surface area contributed by atoms with Gasteiger partial charge in [0.25, 0.3) is 0 Å². The van der Waals surface area contributed by atoms with Crippen LogP contribution in [0.4, 0.5) is 0 Å². The molecule has 24 heavy (non-hydrogen) atoms. The topological polar surface area (TPSA) is 113 Å². The molecule has 0 heterocycles. The van der Waals surface area contributed by atoms with Crippen molar-refractivity contribution in [1.29, 1.82) is 0 Å². The molecular formula is C17H26O7. The Morgan fingerprint density at radius 1 is 1.17 bits per heavy atom. The Bertz CT molecular complexity index is 535. The number of aliphatic hydroxyl groups excluding tert-OH is 1. The van der Waals surface area contributed by atoms with E-state index < -0.39 is 23.6 Å². The van der Waals surface area contributed by atoms with Gasteiger partial charge >= 0.3 is 11.9 Å². The molecule has 1 rings (SSSR count). The standard InChI is InChI=1S/C17H26O7/c1-11-10-17(24-3,16(21)22)14(23-2)13(15(19)20)12(11)8-6-4-5-7-9-18/h10,14,18H,4-9H2,1-3H3,(H,19,20)(H,21,22). The normalized spacial score (nSPS) is 24.0. The zero-order valence-corrected chi connectivity index (χ0v) is 14.4. The number of rotatable bonds is 10. The third kappa shape index (κ3) is 4.03. The van der Waals surface area contributed by atoms with Crippen molar-refractivity contribution in [3.8, 4) is 0 Å². The number of allylic oxidation sites excluding steroid dienone is 2. The smallest absolute Gasteiger partial charge is 0.343 e. The summed E-state index contributed by atoms with van der Waals surface area (Å²) in [5.74, 6) is -2.50. The molecule has 1 aliphatic rings. The van der Waals surface area contributed by atoms with Crippen molar-refractivity contribution in [2.75, 3.05) is 20.8 Å². The largest absolute Gasteiger partial charge is 0.479 e. The summed E-state index contributed by atoms with van der Waals surface area (Å²) < 4.78 is 10.4. The molecule has 1 aliphatic carbocycles. The van der Waals surface area contributed by atoms with E-state index in [-0.39, 0.29) is 12.2 Å². The van der Waals surface area contributed by atoms with Crippen LogP contribution in [0.2, 0.25) is 0 Å². The first-order valence-electron chi connectivity index (χ1n) is 7.94. The lowest BCUT2D eigenvalue weighted by molar-refractivity contribution is -0.169. The molecule has 136 valence electrons. The van der Waals surface area contributed by atoms with E-state index in [0.717, 1.165) is 19.3 Å². The molecule has 0 aliphatic heterocycles. The van der Waals surface area contributed by atoms with E-state index in [2.05, 4.69) is 0 Å². The fourth-order valence-corrected chi connectivity index (χ4v) is 3.13. The van der Waals surface area contributed by atoms with Crippen molar-refractivity contribution in [2.45, 2.75) is 50.7 Å². The minimum atomic E-state index is -1.85. The fourth-order valence-electron chi connectivity index (χ4n) is 3.13. The Morgan fingerprint density at radius 3 is 2.25 bits per heavy atom. The molecule has 7 heteroatoms. The number of aliphatic hydroxyl groups is 1. The predicted molar refractivity (Wildman–Crippen MR) is 86.8 cm³/mol. The van der Waals surface area contributed by atoms with Gasteiger partial charge in [0, 0.05) is 20.8 Å². The number of carboxylic acids is 2. The maximum atomic E-state index is 11.8. The number of hydrogen-bond acceptors (Lipinski definition) is 5. The van der Waals surface area contributed by atoms with Gasteiger partial charge in [-0.2, -0.15) is 0 Å². The van der Waals surface area contributed by atoms with Crippen molar-refractivity contribution in [1.82, 2.24) is 0 Å². The van der Waals surface area contributed by atoms with E-state index in [1.54, 1.807) is 6.92 Å². The highest BCUT2D eigenvalue weighted by atomic mass is 16.6. The van der Waals surface area contributed by atoms with Gasteiger partial charge in [0.2, 0.25) is 5.60 Å². The van der Waals surface area contributed by atoms with Crippen LogP contribution in [-0.4, -0.2) is 59.8 Å². The molecule has 0 saturated carbocycles. The van der Waals surface area contributed by atoms with Gasteiger partial charge < -0.3 is 24.8 Å². The second-order valence-corrected chi connectivity index (χ2v) is 5.83. The first-order valence-corrected chi connectivity index (χ1v) is 7.94. The molecule has 0 radical (unpaired) electrons. The summed E-state index contributed by atoms with van der Waals surface area (Å²) >= 11 is 0. The number of ether oxygens (including phenoxy) is 2. The van der Waals surface area contributed by atoms with Gasteiger partial charge in [-0.3, -0.25) is 0 Å². The molecule has 2 atom stereocenters. The summed E-state index contributed by atoms with van der Waals surface area (Å²) in [6, 6.07) is 0. The number of methoxy groups -OCH3 is 2. The first kappa shape index (κ1) is 20.3. The quantitative estimate of drug-likeness (QED) is 0.518. The molecule has 0 aromatic heterocycles. The van der Waals surface area contributed by atoms with E-state index in [4.69, 9.17) is 14.6 Å². The second kappa shape index (κ2) is 8.96. The first-order chi connectivity index (χ1) is 11.4. The number of carboxylic acid groups (broad SMARTS) is 2. The molecule has 2 unspecified atom stereocenters. The number of aliphatic carboxylic acids is 2. The van der Waals surface area contributed by atoms with E-state index in [1.165, 1.54) is 20.3 Å². The highest BCUT2D eigenvalue weighted by Crippen LogP contribution is 2.38. The summed E-state index contributed by atoms with van der Waals surface area (Å²) in [5, 5.41) is 28.0. The predicted octanol–water partition coefficient (Wildman–Crippen LogP) is 1.76. The van der Waals surface area contributed by atoms with Gasteiger partial charge in [-0.1, -0.05) is 12.8 Å². The van der Waals surface area contributed by atoms with Gasteiger partial charge in [0.05, 0.1) is 5.57 Å². The summed E-state index contributed by atoms with van der Waals surface area (Å²) in [5.41, 5.74) is -0.754. The van der Waals surface area contributed by atoms with Crippen LogP contribution in [0.1, 0.15) is 39.0 Å². The van der Waals surface area contributed by atoms with Crippen LogP contribution in [0, 0.1) is 0 Å². The van der Waals surface area contributed by atoms with Crippen molar-refractivity contribution in [2.24, 2.45) is 0 Å². The lowest BCUT2D eigenvalue weighted by atomic mass is 9.77. The molecule has 0 fully saturated rings. The number of hydrogen-bond donors (Lipinski definition) is 3. The van der Waals surface area contributed by atoms with Gasteiger partial charge in [-0.15, -0.1) is 0 Å². The second-order valence-electron chi connectivity index (χ2n) is 5.83. The van der Waals surface area contributed by atoms with Gasteiger partial charge in [0.15, 0.2) is 0 Å². The molecule has 3 N–H and O–H groups in total.